The van der Waals surface area contributed by atoms with E-state index in [9.17, 15) is 32.3 Å². The Morgan fingerprint density at radius 2 is 1.77 bits per heavy atom. The summed E-state index contributed by atoms with van der Waals surface area (Å²) in [5.74, 6) is -1.90. The van der Waals surface area contributed by atoms with Gasteiger partial charge >= 0.3 is 12.1 Å². The number of aliphatic carboxylic acids is 1. The van der Waals surface area contributed by atoms with Gasteiger partial charge < -0.3 is 15.2 Å². The van der Waals surface area contributed by atoms with Gasteiger partial charge in [-0.3, -0.25) is 24.1 Å². The summed E-state index contributed by atoms with van der Waals surface area (Å²) in [6, 6.07) is 9.10. The van der Waals surface area contributed by atoms with E-state index in [1.165, 1.54) is 31.4 Å². The van der Waals surface area contributed by atoms with Crippen LogP contribution in [-0.4, -0.2) is 51.9 Å². The van der Waals surface area contributed by atoms with Gasteiger partial charge in [0.15, 0.2) is 0 Å². The Morgan fingerprint density at radius 1 is 1.11 bits per heavy atom. The van der Waals surface area contributed by atoms with Gasteiger partial charge in [-0.25, -0.2) is 0 Å². The van der Waals surface area contributed by atoms with Crippen LogP contribution < -0.4 is 10.1 Å². The maximum atomic E-state index is 12.8. The summed E-state index contributed by atoms with van der Waals surface area (Å²) in [6.45, 7) is -0.231. The second kappa shape index (κ2) is 10.8. The highest BCUT2D eigenvalue weighted by Crippen LogP contribution is 2.31. The lowest BCUT2D eigenvalue weighted by Crippen LogP contribution is -2.34. The van der Waals surface area contributed by atoms with E-state index in [4.69, 9.17) is 9.84 Å². The average Bonchev–Trinajstić information content (AvgIpc) is 3.07. The van der Waals surface area contributed by atoms with E-state index in [0.29, 0.717) is 11.1 Å². The number of benzene rings is 2. The molecule has 0 spiro atoms. The highest BCUT2D eigenvalue weighted by Gasteiger charge is 2.39. The summed E-state index contributed by atoms with van der Waals surface area (Å²) in [5, 5.41) is 10.1. The number of ether oxygens (including phenoxy) is 1. The molecule has 12 heteroatoms. The van der Waals surface area contributed by atoms with Crippen LogP contribution in [0.4, 0.5) is 18.0 Å². The molecule has 0 saturated carbocycles. The van der Waals surface area contributed by atoms with Crippen molar-refractivity contribution in [3.8, 4) is 5.75 Å². The number of nitrogens with one attached hydrogen (secondary N) is 1. The summed E-state index contributed by atoms with van der Waals surface area (Å²) >= 11 is 0.795. The van der Waals surface area contributed by atoms with E-state index in [1.807, 2.05) is 0 Å². The Labute approximate surface area is 202 Å². The van der Waals surface area contributed by atoms with Gasteiger partial charge in [-0.15, -0.1) is 0 Å². The summed E-state index contributed by atoms with van der Waals surface area (Å²) in [5.41, 5.74) is 0.404. The fourth-order valence-corrected chi connectivity index (χ4v) is 4.46. The number of hydrogen-bond donors (Lipinski definition) is 2. The minimum atomic E-state index is -4.45. The minimum Gasteiger partial charge on any atom is -0.496 e. The molecule has 1 fully saturated rings. The lowest BCUT2D eigenvalue weighted by atomic mass is 10.0. The van der Waals surface area contributed by atoms with Crippen molar-refractivity contribution < 1.29 is 42.2 Å². The lowest BCUT2D eigenvalue weighted by Gasteiger charge is -2.14. The van der Waals surface area contributed by atoms with Crippen molar-refractivity contribution in [2.75, 3.05) is 13.7 Å². The predicted octanol–water partition coefficient (Wildman–Crippen LogP) is 3.73. The van der Waals surface area contributed by atoms with Crippen molar-refractivity contribution >= 4 is 34.8 Å². The monoisotopic (exact) mass is 510 g/mol. The first-order valence-corrected chi connectivity index (χ1v) is 11.2. The molecule has 1 aliphatic rings. The first-order chi connectivity index (χ1) is 16.5. The zero-order chi connectivity index (χ0) is 25.8. The second-order valence-corrected chi connectivity index (χ2v) is 8.78. The molecular weight excluding hydrogens is 489 g/mol. The molecule has 2 aromatic rings. The van der Waals surface area contributed by atoms with E-state index >= 15 is 0 Å². The van der Waals surface area contributed by atoms with E-state index in [-0.39, 0.29) is 37.2 Å². The number of methoxy groups -OCH3 is 1. The Kier molecular flexibility index (Phi) is 8.05. The molecule has 1 aliphatic heterocycles. The third-order valence-electron chi connectivity index (χ3n) is 5.22. The second-order valence-electron chi connectivity index (χ2n) is 7.62. The highest BCUT2D eigenvalue weighted by molar-refractivity contribution is 8.15. The van der Waals surface area contributed by atoms with Gasteiger partial charge in [0.1, 0.15) is 5.75 Å². The maximum Gasteiger partial charge on any atom is 0.416 e. The molecule has 186 valence electrons. The van der Waals surface area contributed by atoms with Crippen LogP contribution in [-0.2, 0) is 28.7 Å². The Bertz CT molecular complexity index is 1140. The van der Waals surface area contributed by atoms with Crippen molar-refractivity contribution in [3.63, 3.8) is 0 Å². The highest BCUT2D eigenvalue weighted by atomic mass is 32.2. The maximum absolute atomic E-state index is 12.8. The number of carbonyl (C=O) groups is 4. The standard InChI is InChI=1S/C23H21F3N2O6S/c1-34-17-7-4-14(11-18-21(32)28(22(33)35-18)9-8-19(29)30)10-16(17)20(31)27-12-13-2-5-15(6-3-13)23(24,25)26/h2-7,10,18H,8-9,11-12H2,1H3,(H,27,31)(H,29,30). The fraction of sp³-hybridized carbons (Fsp3) is 0.304. The van der Waals surface area contributed by atoms with E-state index in [0.717, 1.165) is 28.8 Å². The van der Waals surface area contributed by atoms with Crippen LogP contribution in [0.15, 0.2) is 42.5 Å². The topological polar surface area (TPSA) is 113 Å². The zero-order valence-corrected chi connectivity index (χ0v) is 19.2. The number of hydrogen-bond acceptors (Lipinski definition) is 6. The van der Waals surface area contributed by atoms with E-state index < -0.39 is 40.0 Å². The van der Waals surface area contributed by atoms with Crippen molar-refractivity contribution in [3.05, 3.63) is 64.7 Å². The molecule has 0 aromatic heterocycles. The van der Waals surface area contributed by atoms with Gasteiger partial charge in [0.05, 0.1) is 29.9 Å². The first kappa shape index (κ1) is 26.1. The van der Waals surface area contributed by atoms with Gasteiger partial charge in [-0.05, 0) is 41.8 Å². The van der Waals surface area contributed by atoms with Crippen LogP contribution in [0, 0.1) is 0 Å². The van der Waals surface area contributed by atoms with E-state index in [1.54, 1.807) is 6.07 Å². The molecule has 2 aromatic carbocycles. The largest absolute Gasteiger partial charge is 0.496 e. The number of carboxylic acids is 1. The van der Waals surface area contributed by atoms with Crippen molar-refractivity contribution in [1.29, 1.82) is 0 Å². The third-order valence-corrected chi connectivity index (χ3v) is 6.29. The van der Waals surface area contributed by atoms with Gasteiger partial charge in [-0.1, -0.05) is 30.0 Å². The molecule has 1 saturated heterocycles. The van der Waals surface area contributed by atoms with Crippen LogP contribution >= 0.6 is 11.8 Å². The molecular formula is C23H21F3N2O6S. The third kappa shape index (κ3) is 6.53. The molecule has 0 aliphatic carbocycles. The molecule has 0 bridgehead atoms. The molecule has 3 rings (SSSR count). The summed E-state index contributed by atoms with van der Waals surface area (Å²) < 4.78 is 43.4. The normalized spacial score (nSPS) is 15.9. The fourth-order valence-electron chi connectivity index (χ4n) is 3.40. The minimum absolute atomic E-state index is 0.0195. The Morgan fingerprint density at radius 3 is 2.37 bits per heavy atom. The number of rotatable bonds is 9. The molecule has 35 heavy (non-hydrogen) atoms. The number of amides is 3. The summed E-state index contributed by atoms with van der Waals surface area (Å²) in [6.07, 6.45) is -4.68. The number of thioether (sulfide) groups is 1. The number of nitrogens with zero attached hydrogens (tertiary/aromatic N) is 1. The van der Waals surface area contributed by atoms with Gasteiger partial charge in [0.25, 0.3) is 11.1 Å². The zero-order valence-electron chi connectivity index (χ0n) is 18.4. The number of alkyl halides is 3. The molecule has 1 heterocycles. The van der Waals surface area contributed by atoms with Crippen LogP contribution in [0.2, 0.25) is 0 Å². The molecule has 1 unspecified atom stereocenters. The van der Waals surface area contributed by atoms with Crippen LogP contribution in [0.3, 0.4) is 0 Å². The van der Waals surface area contributed by atoms with Crippen molar-refractivity contribution in [2.24, 2.45) is 0 Å². The smallest absolute Gasteiger partial charge is 0.416 e. The van der Waals surface area contributed by atoms with Crippen molar-refractivity contribution in [1.82, 2.24) is 10.2 Å². The van der Waals surface area contributed by atoms with Gasteiger partial charge in [0.2, 0.25) is 5.91 Å². The number of imide groups is 1. The van der Waals surface area contributed by atoms with Crippen LogP contribution in [0.1, 0.15) is 33.5 Å². The van der Waals surface area contributed by atoms with Crippen LogP contribution in [0.5, 0.6) is 5.75 Å². The molecule has 2 N–H and O–H groups in total. The molecule has 1 atom stereocenters. The number of halogens is 3. The Balaban J connectivity index is 1.68. The Hall–Kier alpha value is -3.54. The number of carbonyl (C=O) groups excluding carboxylic acids is 3. The SMILES string of the molecule is COc1ccc(CC2SC(=O)N(CCC(=O)O)C2=O)cc1C(=O)NCc1ccc(C(F)(F)F)cc1. The predicted molar refractivity (Wildman–Crippen MR) is 120 cm³/mol. The van der Waals surface area contributed by atoms with E-state index in [2.05, 4.69) is 5.32 Å². The molecule has 3 amide bonds. The molecule has 8 nitrogen and oxygen atoms in total. The van der Waals surface area contributed by atoms with Crippen LogP contribution in [0.25, 0.3) is 0 Å². The quantitative estimate of drug-likeness (QED) is 0.529. The summed E-state index contributed by atoms with van der Waals surface area (Å²) in [7, 11) is 1.37. The summed E-state index contributed by atoms with van der Waals surface area (Å²) in [4.78, 5) is 49.1. The lowest BCUT2D eigenvalue weighted by molar-refractivity contribution is -0.138. The van der Waals surface area contributed by atoms with Gasteiger partial charge in [0, 0.05) is 13.1 Å². The average molecular weight is 510 g/mol. The molecule has 0 radical (unpaired) electrons. The number of carboxylic acid groups (broad SMARTS) is 1. The van der Waals surface area contributed by atoms with Crippen molar-refractivity contribution in [2.45, 2.75) is 30.8 Å². The first-order valence-electron chi connectivity index (χ1n) is 10.3. The van der Waals surface area contributed by atoms with Gasteiger partial charge in [-0.2, -0.15) is 13.2 Å².